The minimum Gasteiger partial charge on any atom is -0.389 e. The van der Waals surface area contributed by atoms with Crippen LogP contribution in [0.1, 0.15) is 77.0 Å². The quantitative estimate of drug-likeness (QED) is 0.642. The molecule has 2 nitrogen and oxygen atoms in total. The molecule has 0 radical (unpaired) electrons. The Hall–Kier alpha value is -0.340. The van der Waals surface area contributed by atoms with Crippen LogP contribution in [0.15, 0.2) is 12.2 Å². The first kappa shape index (κ1) is 15.7. The summed E-state index contributed by atoms with van der Waals surface area (Å²) < 4.78 is 0. The van der Waals surface area contributed by atoms with Gasteiger partial charge in [-0.05, 0) is 12.8 Å². The van der Waals surface area contributed by atoms with E-state index in [1.54, 1.807) is 12.2 Å². The molecular formula is C16H30O2. The molecule has 106 valence electrons. The fraction of sp³-hybridized carbons (Fsp3) is 0.875. The van der Waals surface area contributed by atoms with Gasteiger partial charge in [0.1, 0.15) is 0 Å². The summed E-state index contributed by atoms with van der Waals surface area (Å²) in [5, 5.41) is 19.5. The van der Waals surface area contributed by atoms with Crippen LogP contribution in [0.2, 0.25) is 0 Å². The third-order valence-corrected chi connectivity index (χ3v) is 3.81. The van der Waals surface area contributed by atoms with E-state index in [1.807, 2.05) is 0 Å². The number of hydrogen-bond acceptors (Lipinski definition) is 2. The normalized spacial score (nSPS) is 31.9. The topological polar surface area (TPSA) is 40.5 Å². The van der Waals surface area contributed by atoms with Gasteiger partial charge in [-0.3, -0.25) is 0 Å². The Kier molecular flexibility index (Phi) is 9.23. The molecule has 0 aromatic carbocycles. The number of hydrogen-bond donors (Lipinski definition) is 2. The van der Waals surface area contributed by atoms with Crippen molar-refractivity contribution in [2.45, 2.75) is 89.3 Å². The second kappa shape index (κ2) is 10.6. The van der Waals surface area contributed by atoms with E-state index >= 15 is 0 Å². The highest BCUT2D eigenvalue weighted by Crippen LogP contribution is 2.14. The Morgan fingerprint density at radius 3 is 1.11 bits per heavy atom. The van der Waals surface area contributed by atoms with Crippen LogP contribution in [-0.4, -0.2) is 22.4 Å². The summed E-state index contributed by atoms with van der Waals surface area (Å²) in [7, 11) is 0. The largest absolute Gasteiger partial charge is 0.389 e. The molecule has 1 rings (SSSR count). The van der Waals surface area contributed by atoms with Gasteiger partial charge in [0.2, 0.25) is 0 Å². The van der Waals surface area contributed by atoms with Gasteiger partial charge in [0.25, 0.3) is 0 Å². The van der Waals surface area contributed by atoms with Crippen LogP contribution in [0.4, 0.5) is 0 Å². The summed E-state index contributed by atoms with van der Waals surface area (Å²) in [6.07, 6.45) is 17.2. The van der Waals surface area contributed by atoms with E-state index < -0.39 is 0 Å². The zero-order valence-electron chi connectivity index (χ0n) is 11.7. The lowest BCUT2D eigenvalue weighted by Gasteiger charge is -2.09. The van der Waals surface area contributed by atoms with E-state index in [4.69, 9.17) is 0 Å². The Balaban J connectivity index is 2.28. The lowest BCUT2D eigenvalue weighted by Crippen LogP contribution is -2.06. The smallest absolute Gasteiger partial charge is 0.0721 e. The predicted molar refractivity (Wildman–Crippen MR) is 76.6 cm³/mol. The molecule has 1 aliphatic rings. The van der Waals surface area contributed by atoms with Gasteiger partial charge in [-0.25, -0.2) is 0 Å². The second-order valence-electron chi connectivity index (χ2n) is 5.63. The molecule has 0 heterocycles. The molecule has 0 fully saturated rings. The van der Waals surface area contributed by atoms with Gasteiger partial charge >= 0.3 is 0 Å². The lowest BCUT2D eigenvalue weighted by atomic mass is 10.0. The molecule has 2 unspecified atom stereocenters. The maximum Gasteiger partial charge on any atom is 0.0721 e. The fourth-order valence-electron chi connectivity index (χ4n) is 2.57. The van der Waals surface area contributed by atoms with Crippen molar-refractivity contribution in [3.63, 3.8) is 0 Å². The molecule has 0 saturated heterocycles. The molecule has 0 bridgehead atoms. The highest BCUT2D eigenvalue weighted by Gasteiger charge is 2.03. The fourth-order valence-corrected chi connectivity index (χ4v) is 2.57. The summed E-state index contributed by atoms with van der Waals surface area (Å²) in [4.78, 5) is 0. The maximum atomic E-state index is 9.74. The molecular weight excluding hydrogens is 224 g/mol. The summed E-state index contributed by atoms with van der Waals surface area (Å²) >= 11 is 0. The Morgan fingerprint density at radius 2 is 0.778 bits per heavy atom. The third-order valence-electron chi connectivity index (χ3n) is 3.81. The molecule has 0 aromatic rings. The number of aliphatic hydroxyl groups is 2. The molecule has 0 aliphatic heterocycles. The van der Waals surface area contributed by atoms with Gasteiger partial charge in [-0.2, -0.15) is 0 Å². The van der Waals surface area contributed by atoms with Crippen LogP contribution >= 0.6 is 0 Å². The van der Waals surface area contributed by atoms with Crippen LogP contribution in [0.25, 0.3) is 0 Å². The molecule has 2 N–H and O–H groups in total. The minimum absolute atomic E-state index is 0.368. The van der Waals surface area contributed by atoms with Crippen molar-refractivity contribution in [2.75, 3.05) is 0 Å². The molecule has 2 heteroatoms. The van der Waals surface area contributed by atoms with Crippen molar-refractivity contribution in [2.24, 2.45) is 0 Å². The number of aliphatic hydroxyl groups excluding tert-OH is 2. The molecule has 0 spiro atoms. The lowest BCUT2D eigenvalue weighted by molar-refractivity contribution is 0.191. The first-order chi connectivity index (χ1) is 8.79. The zero-order valence-corrected chi connectivity index (χ0v) is 11.7. The van der Waals surface area contributed by atoms with Crippen LogP contribution < -0.4 is 0 Å². The van der Waals surface area contributed by atoms with Crippen LogP contribution in [-0.2, 0) is 0 Å². The van der Waals surface area contributed by atoms with Crippen molar-refractivity contribution >= 4 is 0 Å². The van der Waals surface area contributed by atoms with Gasteiger partial charge in [-0.1, -0.05) is 76.4 Å². The van der Waals surface area contributed by atoms with Crippen molar-refractivity contribution < 1.29 is 10.2 Å². The van der Waals surface area contributed by atoms with Gasteiger partial charge in [0.15, 0.2) is 0 Å². The van der Waals surface area contributed by atoms with Crippen molar-refractivity contribution in [1.29, 1.82) is 0 Å². The summed E-state index contributed by atoms with van der Waals surface area (Å²) in [5.74, 6) is 0. The monoisotopic (exact) mass is 254 g/mol. The van der Waals surface area contributed by atoms with Gasteiger partial charge < -0.3 is 10.2 Å². The Bertz CT molecular complexity index is 191. The second-order valence-corrected chi connectivity index (χ2v) is 5.63. The SMILES string of the molecule is OC1/C=C/C(O)CCCCCCCCCCCC1. The van der Waals surface area contributed by atoms with E-state index in [-0.39, 0.29) is 12.2 Å². The summed E-state index contributed by atoms with van der Waals surface area (Å²) in [6, 6.07) is 0. The van der Waals surface area contributed by atoms with E-state index in [9.17, 15) is 10.2 Å². The van der Waals surface area contributed by atoms with Crippen molar-refractivity contribution in [1.82, 2.24) is 0 Å². The van der Waals surface area contributed by atoms with E-state index in [0.717, 1.165) is 25.7 Å². The van der Waals surface area contributed by atoms with Gasteiger partial charge in [0.05, 0.1) is 12.2 Å². The van der Waals surface area contributed by atoms with Crippen molar-refractivity contribution in [3.05, 3.63) is 12.2 Å². The van der Waals surface area contributed by atoms with Crippen molar-refractivity contribution in [3.8, 4) is 0 Å². The van der Waals surface area contributed by atoms with E-state index in [2.05, 4.69) is 0 Å². The predicted octanol–water partition coefficient (Wildman–Crippen LogP) is 3.96. The van der Waals surface area contributed by atoms with E-state index in [0.29, 0.717) is 0 Å². The first-order valence-corrected chi connectivity index (χ1v) is 7.83. The standard InChI is InChI=1S/C16H30O2/c17-15-11-9-7-5-3-1-2-4-6-8-10-12-16(18)14-13-15/h13-18H,1-12H2/b14-13+. The summed E-state index contributed by atoms with van der Waals surface area (Å²) in [6.45, 7) is 0. The average molecular weight is 254 g/mol. The molecule has 0 aromatic heterocycles. The van der Waals surface area contributed by atoms with Gasteiger partial charge in [0, 0.05) is 0 Å². The molecule has 0 amide bonds. The molecule has 1 aliphatic carbocycles. The molecule has 0 saturated carbocycles. The first-order valence-electron chi connectivity index (χ1n) is 7.83. The molecule has 2 atom stereocenters. The zero-order chi connectivity index (χ0) is 13.1. The minimum atomic E-state index is -0.368. The van der Waals surface area contributed by atoms with Crippen LogP contribution in [0.3, 0.4) is 0 Å². The Labute approximate surface area is 112 Å². The van der Waals surface area contributed by atoms with E-state index in [1.165, 1.54) is 51.4 Å². The Morgan fingerprint density at radius 1 is 0.500 bits per heavy atom. The van der Waals surface area contributed by atoms with Crippen LogP contribution in [0.5, 0.6) is 0 Å². The van der Waals surface area contributed by atoms with Crippen LogP contribution in [0, 0.1) is 0 Å². The van der Waals surface area contributed by atoms with Gasteiger partial charge in [-0.15, -0.1) is 0 Å². The highest BCUT2D eigenvalue weighted by molar-refractivity contribution is 4.93. The average Bonchev–Trinajstić information content (AvgIpc) is 2.36. The third kappa shape index (κ3) is 8.71. The number of rotatable bonds is 0. The summed E-state index contributed by atoms with van der Waals surface area (Å²) in [5.41, 5.74) is 0. The highest BCUT2D eigenvalue weighted by atomic mass is 16.3. The maximum absolute atomic E-state index is 9.74. The molecule has 18 heavy (non-hydrogen) atoms.